The molecule has 0 spiro atoms. The van der Waals surface area contributed by atoms with Gasteiger partial charge in [0.1, 0.15) is 0 Å². The summed E-state index contributed by atoms with van der Waals surface area (Å²) in [6.07, 6.45) is 2.16. The Bertz CT molecular complexity index is 388. The number of nitrogens with zero attached hydrogens (tertiary/aromatic N) is 3. The van der Waals surface area contributed by atoms with Crippen LogP contribution in [0.15, 0.2) is 6.20 Å². The van der Waals surface area contributed by atoms with Crippen molar-refractivity contribution < 1.29 is 9.13 Å². The monoisotopic (exact) mass is 240 g/mol. The van der Waals surface area contributed by atoms with Gasteiger partial charge in [0, 0.05) is 26.7 Å². The van der Waals surface area contributed by atoms with Crippen molar-refractivity contribution in [2.45, 2.75) is 19.4 Å². The average Bonchev–Trinajstić information content (AvgIpc) is 2.54. The summed E-state index contributed by atoms with van der Waals surface area (Å²) in [6.45, 7) is 4.10. The van der Waals surface area contributed by atoms with Crippen LogP contribution in [0, 0.1) is 5.82 Å². The molecular weight excluding hydrogens is 223 g/mol. The molecule has 1 aromatic rings. The van der Waals surface area contributed by atoms with Crippen molar-refractivity contribution in [3.63, 3.8) is 0 Å². The van der Waals surface area contributed by atoms with Gasteiger partial charge in [0.15, 0.2) is 11.6 Å². The van der Waals surface area contributed by atoms with Gasteiger partial charge in [0.05, 0.1) is 12.3 Å². The van der Waals surface area contributed by atoms with Gasteiger partial charge in [-0.3, -0.25) is 0 Å². The minimum absolute atomic E-state index is 0.0879. The zero-order valence-corrected chi connectivity index (χ0v) is 10.1. The number of halogens is 1. The zero-order valence-electron chi connectivity index (χ0n) is 10.1. The maximum absolute atomic E-state index is 13.7. The molecule has 0 aliphatic carbocycles. The molecule has 1 aromatic heterocycles. The third-order valence-corrected chi connectivity index (χ3v) is 2.70. The van der Waals surface area contributed by atoms with Crippen LogP contribution in [-0.2, 0) is 4.74 Å². The summed E-state index contributed by atoms with van der Waals surface area (Å²) in [5, 5.41) is 2.81. The molecule has 0 saturated carbocycles. The molecule has 6 heteroatoms. The Hall–Kier alpha value is -1.43. The number of rotatable bonds is 2. The molecular formula is C11H17FN4O. The van der Waals surface area contributed by atoms with Crippen LogP contribution in [0.3, 0.4) is 0 Å². The fraction of sp³-hybridized carbons (Fsp3) is 0.636. The molecule has 0 radical (unpaired) electrons. The molecule has 2 heterocycles. The summed E-state index contributed by atoms with van der Waals surface area (Å²) in [4.78, 5) is 9.92. The largest absolute Gasteiger partial charge is 0.377 e. The summed E-state index contributed by atoms with van der Waals surface area (Å²) < 4.78 is 19.2. The van der Waals surface area contributed by atoms with Gasteiger partial charge in [-0.25, -0.2) is 9.37 Å². The minimum Gasteiger partial charge on any atom is -0.377 e. The minimum atomic E-state index is -0.391. The van der Waals surface area contributed by atoms with Crippen LogP contribution in [0.2, 0.25) is 0 Å². The Morgan fingerprint density at radius 2 is 2.41 bits per heavy atom. The predicted molar refractivity (Wildman–Crippen MR) is 63.8 cm³/mol. The molecule has 1 unspecified atom stereocenters. The highest BCUT2D eigenvalue weighted by atomic mass is 19.1. The third kappa shape index (κ3) is 2.82. The predicted octanol–water partition coefficient (Wildman–Crippen LogP) is 1.27. The quantitative estimate of drug-likeness (QED) is 0.843. The lowest BCUT2D eigenvalue weighted by atomic mass is 10.3. The van der Waals surface area contributed by atoms with Crippen molar-refractivity contribution in [3.8, 4) is 0 Å². The third-order valence-electron chi connectivity index (χ3n) is 2.70. The van der Waals surface area contributed by atoms with Gasteiger partial charge in [-0.15, -0.1) is 0 Å². The highest BCUT2D eigenvalue weighted by Crippen LogP contribution is 2.19. The van der Waals surface area contributed by atoms with Crippen LogP contribution in [0.25, 0.3) is 0 Å². The number of anilines is 2. The van der Waals surface area contributed by atoms with E-state index in [-0.39, 0.29) is 6.10 Å². The molecule has 1 aliphatic rings. The van der Waals surface area contributed by atoms with Gasteiger partial charge in [-0.05, 0) is 13.3 Å². The molecule has 1 N–H and O–H groups in total. The van der Waals surface area contributed by atoms with Gasteiger partial charge < -0.3 is 15.0 Å². The van der Waals surface area contributed by atoms with E-state index >= 15 is 0 Å². The summed E-state index contributed by atoms with van der Waals surface area (Å²) in [7, 11) is 1.71. The molecule has 0 amide bonds. The van der Waals surface area contributed by atoms with Crippen LogP contribution >= 0.6 is 0 Å². The first-order valence-corrected chi connectivity index (χ1v) is 5.77. The van der Waals surface area contributed by atoms with Gasteiger partial charge >= 0.3 is 0 Å². The number of hydrogen-bond acceptors (Lipinski definition) is 5. The molecule has 5 nitrogen and oxygen atoms in total. The van der Waals surface area contributed by atoms with Crippen LogP contribution < -0.4 is 10.2 Å². The summed E-state index contributed by atoms with van der Waals surface area (Å²) in [5.41, 5.74) is 0. The van der Waals surface area contributed by atoms with Crippen LogP contribution in [-0.4, -0.2) is 42.8 Å². The fourth-order valence-electron chi connectivity index (χ4n) is 1.89. The van der Waals surface area contributed by atoms with E-state index in [1.54, 1.807) is 7.05 Å². The lowest BCUT2D eigenvalue weighted by molar-refractivity contribution is 0.0820. The molecule has 1 atom stereocenters. The highest BCUT2D eigenvalue weighted by molar-refractivity contribution is 5.44. The maximum atomic E-state index is 13.7. The second-order valence-electron chi connectivity index (χ2n) is 4.10. The first-order valence-electron chi connectivity index (χ1n) is 5.77. The fourth-order valence-corrected chi connectivity index (χ4v) is 1.89. The number of ether oxygens (including phenoxy) is 1. The zero-order chi connectivity index (χ0) is 12.3. The number of aromatic nitrogens is 2. The van der Waals surface area contributed by atoms with Crippen molar-refractivity contribution in [2.75, 3.05) is 37.0 Å². The highest BCUT2D eigenvalue weighted by Gasteiger charge is 2.20. The molecule has 1 fully saturated rings. The van der Waals surface area contributed by atoms with Crippen LogP contribution in [0.1, 0.15) is 13.3 Å². The second kappa shape index (κ2) is 5.27. The summed E-state index contributed by atoms with van der Waals surface area (Å²) in [6, 6.07) is 0. The second-order valence-corrected chi connectivity index (χ2v) is 4.10. The molecule has 0 bridgehead atoms. The molecule has 1 aliphatic heterocycles. The average molecular weight is 240 g/mol. The van der Waals surface area contributed by atoms with Crippen molar-refractivity contribution in [2.24, 2.45) is 0 Å². The van der Waals surface area contributed by atoms with E-state index in [1.165, 1.54) is 6.20 Å². The van der Waals surface area contributed by atoms with Crippen LogP contribution in [0.4, 0.5) is 16.2 Å². The first-order chi connectivity index (χ1) is 8.20. The molecule has 2 rings (SSSR count). The lowest BCUT2D eigenvalue weighted by Crippen LogP contribution is -2.31. The van der Waals surface area contributed by atoms with Crippen molar-refractivity contribution in [1.29, 1.82) is 0 Å². The summed E-state index contributed by atoms with van der Waals surface area (Å²) in [5.74, 6) is 0.388. The SMILES string of the molecule is CNc1ncc(F)c(N2CCCOC(C)C2)n1. The Morgan fingerprint density at radius 1 is 1.59 bits per heavy atom. The van der Waals surface area contributed by atoms with Crippen molar-refractivity contribution >= 4 is 11.8 Å². The van der Waals surface area contributed by atoms with Gasteiger partial charge in [-0.2, -0.15) is 4.98 Å². The topological polar surface area (TPSA) is 50.3 Å². The maximum Gasteiger partial charge on any atom is 0.224 e. The van der Waals surface area contributed by atoms with E-state index in [4.69, 9.17) is 4.74 Å². The van der Waals surface area contributed by atoms with Crippen molar-refractivity contribution in [3.05, 3.63) is 12.0 Å². The van der Waals surface area contributed by atoms with E-state index in [0.717, 1.165) is 13.0 Å². The van der Waals surface area contributed by atoms with Gasteiger partial charge in [0.2, 0.25) is 5.95 Å². The molecule has 1 saturated heterocycles. The molecule has 94 valence electrons. The van der Waals surface area contributed by atoms with E-state index in [0.29, 0.717) is 24.9 Å². The first kappa shape index (κ1) is 12.0. The van der Waals surface area contributed by atoms with E-state index in [9.17, 15) is 4.39 Å². The van der Waals surface area contributed by atoms with Crippen LogP contribution in [0.5, 0.6) is 0 Å². The van der Waals surface area contributed by atoms with E-state index in [1.807, 2.05) is 11.8 Å². The standard InChI is InChI=1S/C11H17FN4O/c1-8-7-16(4-3-5-17-8)10-9(12)6-14-11(13-2)15-10/h6,8H,3-5,7H2,1-2H3,(H,13,14,15). The Labute approximate surface area is 100 Å². The number of nitrogens with one attached hydrogen (secondary N) is 1. The molecule has 0 aromatic carbocycles. The van der Waals surface area contributed by atoms with Crippen molar-refractivity contribution in [1.82, 2.24) is 9.97 Å². The normalized spacial score (nSPS) is 21.1. The number of hydrogen-bond donors (Lipinski definition) is 1. The van der Waals surface area contributed by atoms with Gasteiger partial charge in [-0.1, -0.05) is 0 Å². The Balaban J connectivity index is 2.24. The van der Waals surface area contributed by atoms with E-state index in [2.05, 4.69) is 15.3 Å². The smallest absolute Gasteiger partial charge is 0.224 e. The Morgan fingerprint density at radius 3 is 3.18 bits per heavy atom. The van der Waals surface area contributed by atoms with E-state index < -0.39 is 5.82 Å². The lowest BCUT2D eigenvalue weighted by Gasteiger charge is -2.23. The molecule has 17 heavy (non-hydrogen) atoms. The Kier molecular flexibility index (Phi) is 3.73. The van der Waals surface area contributed by atoms with Gasteiger partial charge in [0.25, 0.3) is 0 Å². The summed E-state index contributed by atoms with van der Waals surface area (Å²) >= 11 is 0.